The number of carbonyl (C=O) groups excluding carboxylic acids is 2. The molecule has 1 unspecified atom stereocenters. The monoisotopic (exact) mass is 723 g/mol. The molecule has 0 spiro atoms. The van der Waals surface area contributed by atoms with Crippen molar-refractivity contribution in [1.82, 2.24) is 5.32 Å². The summed E-state index contributed by atoms with van der Waals surface area (Å²) in [7, 11) is 0. The first-order valence-corrected chi connectivity index (χ1v) is 22.8. The maximum Gasteiger partial charge on any atom is 0.306 e. The highest BCUT2D eigenvalue weighted by Gasteiger charge is 2.29. The number of hydrogen-bond acceptors (Lipinski definition) is 6. The minimum absolute atomic E-state index is 0.0209. The van der Waals surface area contributed by atoms with Crippen molar-refractivity contribution in [3.63, 3.8) is 0 Å². The van der Waals surface area contributed by atoms with Gasteiger partial charge in [0, 0.05) is 19.4 Å². The second-order valence-electron chi connectivity index (χ2n) is 15.6. The van der Waals surface area contributed by atoms with Crippen molar-refractivity contribution in [3.8, 4) is 0 Å². The van der Waals surface area contributed by atoms with E-state index < -0.39 is 0 Å². The Morgan fingerprint density at radius 1 is 0.588 bits per heavy atom. The van der Waals surface area contributed by atoms with Crippen LogP contribution in [0, 0.1) is 0 Å². The molecule has 0 aromatic carbocycles. The fourth-order valence-corrected chi connectivity index (χ4v) is 7.26. The van der Waals surface area contributed by atoms with Crippen LogP contribution in [0.15, 0.2) is 0 Å². The quantitative estimate of drug-likeness (QED) is 0.0282. The van der Waals surface area contributed by atoms with Crippen molar-refractivity contribution in [1.29, 1.82) is 0 Å². The van der Waals surface area contributed by atoms with Crippen molar-refractivity contribution < 1.29 is 19.1 Å². The van der Waals surface area contributed by atoms with Crippen molar-refractivity contribution in [2.24, 2.45) is 5.73 Å². The van der Waals surface area contributed by atoms with Crippen LogP contribution < -0.4 is 11.1 Å². The Balaban J connectivity index is 4.62. The van der Waals surface area contributed by atoms with Crippen LogP contribution in [0.25, 0.3) is 0 Å². The zero-order chi connectivity index (χ0) is 37.4. The molecule has 3 N–H and O–H groups in total. The van der Waals surface area contributed by atoms with Crippen LogP contribution in [0.5, 0.6) is 0 Å². The molecule has 0 bridgehead atoms. The minimum atomic E-state index is -0.294. The van der Waals surface area contributed by atoms with Crippen LogP contribution in [-0.2, 0) is 19.1 Å². The molecule has 0 aliphatic carbocycles. The SMILES string of the molecule is CCCCCCCCCOC(CCCN)(CCCCCCC=O)NCCCCCCCC(=O)OC(CCCCCCCC)CCCCCCCC. The van der Waals surface area contributed by atoms with Gasteiger partial charge in [-0.25, -0.2) is 0 Å². The van der Waals surface area contributed by atoms with E-state index in [1.165, 1.54) is 116 Å². The van der Waals surface area contributed by atoms with Crippen LogP contribution in [0.4, 0.5) is 0 Å². The molecule has 6 heteroatoms. The average Bonchev–Trinajstić information content (AvgIpc) is 3.13. The van der Waals surface area contributed by atoms with Gasteiger partial charge in [-0.2, -0.15) is 0 Å². The standard InChI is InChI=1S/C45H90N2O4/c1-4-7-10-13-16-25-32-42-50-45(38-33-39-46,37-29-22-18-24-31-41-48)47-40-30-23-17-21-28-36-44(49)51-43(34-26-19-14-11-8-5-2)35-27-20-15-12-9-6-3/h41,43,47H,4-40,42,46H2,1-3H3. The Bertz CT molecular complexity index is 704. The third kappa shape index (κ3) is 34.5. The van der Waals surface area contributed by atoms with E-state index in [1.807, 2.05) is 0 Å². The first-order chi connectivity index (χ1) is 25.1. The average molecular weight is 723 g/mol. The van der Waals surface area contributed by atoms with Crippen LogP contribution in [0.1, 0.15) is 245 Å². The van der Waals surface area contributed by atoms with Gasteiger partial charge in [0.15, 0.2) is 0 Å². The molecule has 0 aliphatic heterocycles. The van der Waals surface area contributed by atoms with Gasteiger partial charge in [-0.3, -0.25) is 10.1 Å². The van der Waals surface area contributed by atoms with Gasteiger partial charge in [-0.15, -0.1) is 0 Å². The highest BCUT2D eigenvalue weighted by molar-refractivity contribution is 5.69. The minimum Gasteiger partial charge on any atom is -0.462 e. The van der Waals surface area contributed by atoms with Gasteiger partial charge < -0.3 is 20.0 Å². The number of nitrogens with one attached hydrogen (secondary N) is 1. The molecule has 6 nitrogen and oxygen atoms in total. The lowest BCUT2D eigenvalue weighted by atomic mass is 9.97. The molecule has 0 aliphatic rings. The molecule has 0 aromatic heterocycles. The summed E-state index contributed by atoms with van der Waals surface area (Å²) in [6, 6.07) is 0. The van der Waals surface area contributed by atoms with Gasteiger partial charge in [0.2, 0.25) is 0 Å². The predicted octanol–water partition coefficient (Wildman–Crippen LogP) is 13.1. The molecular weight excluding hydrogens is 633 g/mol. The van der Waals surface area contributed by atoms with Crippen LogP contribution in [-0.4, -0.2) is 43.8 Å². The fourth-order valence-electron chi connectivity index (χ4n) is 7.26. The van der Waals surface area contributed by atoms with E-state index in [-0.39, 0.29) is 17.8 Å². The maximum atomic E-state index is 12.8. The maximum absolute atomic E-state index is 12.8. The third-order valence-electron chi connectivity index (χ3n) is 10.6. The molecule has 0 radical (unpaired) electrons. The Morgan fingerprint density at radius 3 is 1.63 bits per heavy atom. The Hall–Kier alpha value is -0.980. The Labute approximate surface area is 318 Å². The van der Waals surface area contributed by atoms with E-state index in [9.17, 15) is 9.59 Å². The van der Waals surface area contributed by atoms with E-state index in [1.54, 1.807) is 0 Å². The smallest absolute Gasteiger partial charge is 0.306 e. The highest BCUT2D eigenvalue weighted by atomic mass is 16.5. The summed E-state index contributed by atoms with van der Waals surface area (Å²) < 4.78 is 12.8. The second kappa shape index (κ2) is 40.2. The van der Waals surface area contributed by atoms with E-state index in [2.05, 4.69) is 26.1 Å². The predicted molar refractivity (Wildman–Crippen MR) is 220 cm³/mol. The van der Waals surface area contributed by atoms with Crippen molar-refractivity contribution in [3.05, 3.63) is 0 Å². The molecule has 0 aromatic rings. The first kappa shape index (κ1) is 50.0. The number of unbranched alkanes of at least 4 members (excludes halogenated alkanes) is 24. The molecule has 0 saturated carbocycles. The molecule has 0 heterocycles. The summed E-state index contributed by atoms with van der Waals surface area (Å²) in [6.45, 7) is 9.25. The number of ether oxygens (including phenoxy) is 2. The van der Waals surface area contributed by atoms with Crippen molar-refractivity contribution in [2.45, 2.75) is 257 Å². The van der Waals surface area contributed by atoms with Gasteiger partial charge in [-0.1, -0.05) is 156 Å². The van der Waals surface area contributed by atoms with Gasteiger partial charge in [-0.05, 0) is 90.1 Å². The summed E-state index contributed by atoms with van der Waals surface area (Å²) in [5, 5.41) is 3.87. The first-order valence-electron chi connectivity index (χ1n) is 22.8. The number of carbonyl (C=O) groups is 2. The molecule has 51 heavy (non-hydrogen) atoms. The van der Waals surface area contributed by atoms with Crippen LogP contribution in [0.2, 0.25) is 0 Å². The molecular formula is C45H90N2O4. The largest absolute Gasteiger partial charge is 0.462 e. The lowest BCUT2D eigenvalue weighted by molar-refractivity contribution is -0.150. The normalized spacial score (nSPS) is 12.8. The van der Waals surface area contributed by atoms with E-state index in [0.29, 0.717) is 19.4 Å². The molecule has 0 rings (SSSR count). The van der Waals surface area contributed by atoms with Crippen molar-refractivity contribution in [2.75, 3.05) is 19.7 Å². The van der Waals surface area contributed by atoms with Crippen LogP contribution in [0.3, 0.4) is 0 Å². The zero-order valence-electron chi connectivity index (χ0n) is 34.7. The Morgan fingerprint density at radius 2 is 1.06 bits per heavy atom. The number of esters is 1. The highest BCUT2D eigenvalue weighted by Crippen LogP contribution is 2.25. The van der Waals surface area contributed by atoms with Gasteiger partial charge in [0.05, 0.1) is 0 Å². The van der Waals surface area contributed by atoms with E-state index >= 15 is 0 Å². The topological polar surface area (TPSA) is 90.6 Å². The summed E-state index contributed by atoms with van der Waals surface area (Å²) in [4.78, 5) is 23.5. The molecule has 0 amide bonds. The number of nitrogens with two attached hydrogens (primary N) is 1. The summed E-state index contributed by atoms with van der Waals surface area (Å²) >= 11 is 0. The second-order valence-corrected chi connectivity index (χ2v) is 15.6. The van der Waals surface area contributed by atoms with Gasteiger partial charge in [0.1, 0.15) is 18.1 Å². The molecule has 0 fully saturated rings. The van der Waals surface area contributed by atoms with E-state index in [4.69, 9.17) is 15.2 Å². The summed E-state index contributed by atoms with van der Waals surface area (Å²) in [5.74, 6) is 0.0209. The number of rotatable bonds is 43. The van der Waals surface area contributed by atoms with Crippen LogP contribution >= 0.6 is 0 Å². The van der Waals surface area contributed by atoms with Crippen molar-refractivity contribution >= 4 is 12.3 Å². The van der Waals surface area contributed by atoms with E-state index in [0.717, 1.165) is 116 Å². The molecule has 1 atom stereocenters. The van der Waals surface area contributed by atoms with Gasteiger partial charge >= 0.3 is 5.97 Å². The number of hydrogen-bond donors (Lipinski definition) is 2. The van der Waals surface area contributed by atoms with Gasteiger partial charge in [0.25, 0.3) is 0 Å². The third-order valence-corrected chi connectivity index (χ3v) is 10.6. The summed E-state index contributed by atoms with van der Waals surface area (Å²) in [6.07, 6.45) is 41.6. The number of aldehydes is 1. The zero-order valence-corrected chi connectivity index (χ0v) is 34.7. The lowest BCUT2D eigenvalue weighted by Gasteiger charge is -2.36. The lowest BCUT2D eigenvalue weighted by Crippen LogP contribution is -2.48. The Kier molecular flexibility index (Phi) is 39.4. The summed E-state index contributed by atoms with van der Waals surface area (Å²) in [5.41, 5.74) is 5.69. The molecule has 0 saturated heterocycles. The fraction of sp³-hybridized carbons (Fsp3) is 0.956. The molecule has 304 valence electrons.